The third kappa shape index (κ3) is 3.28. The monoisotopic (exact) mass is 407 g/mol. The average Bonchev–Trinajstić information content (AvgIpc) is 3.32. The molecule has 3 aromatic rings. The third-order valence-corrected chi connectivity index (χ3v) is 5.15. The van der Waals surface area contributed by atoms with Crippen molar-refractivity contribution in [1.29, 1.82) is 0 Å². The second kappa shape index (κ2) is 7.12. The molecule has 0 aliphatic carbocycles. The first-order valence-corrected chi connectivity index (χ1v) is 9.69. The summed E-state index contributed by atoms with van der Waals surface area (Å²) in [6, 6.07) is 3.74. The normalized spacial score (nSPS) is 13.5. The second-order valence-electron chi connectivity index (χ2n) is 8.29. The summed E-state index contributed by atoms with van der Waals surface area (Å²) in [7, 11) is 3.11. The largest absolute Gasteiger partial charge is 0.491 e. The van der Waals surface area contributed by atoms with Gasteiger partial charge in [0.05, 0.1) is 55.1 Å². The molecule has 4 heterocycles. The van der Waals surface area contributed by atoms with Crippen molar-refractivity contribution in [1.82, 2.24) is 19.7 Å². The van der Waals surface area contributed by atoms with Crippen LogP contribution in [0.25, 0.3) is 11.3 Å². The van der Waals surface area contributed by atoms with Gasteiger partial charge in [-0.1, -0.05) is 0 Å². The average molecular weight is 407 g/mol. The Labute approximate surface area is 175 Å². The van der Waals surface area contributed by atoms with Crippen molar-refractivity contribution in [2.24, 2.45) is 0 Å². The molecule has 4 rings (SSSR count). The van der Waals surface area contributed by atoms with E-state index in [2.05, 4.69) is 30.9 Å². The van der Waals surface area contributed by atoms with Crippen LogP contribution in [0.2, 0.25) is 0 Å². The fraction of sp³-hybridized carbons (Fsp3) is 0.364. The number of fused-ring (bicyclic) bond motifs is 1. The number of aryl methyl sites for hydroxylation is 1. The van der Waals surface area contributed by atoms with E-state index in [4.69, 9.17) is 14.5 Å². The maximum atomic E-state index is 13.1. The van der Waals surface area contributed by atoms with E-state index in [1.807, 2.05) is 29.9 Å². The lowest BCUT2D eigenvalue weighted by Gasteiger charge is -2.19. The van der Waals surface area contributed by atoms with Crippen molar-refractivity contribution >= 4 is 11.6 Å². The fourth-order valence-corrected chi connectivity index (χ4v) is 3.55. The Balaban J connectivity index is 1.70. The molecule has 30 heavy (non-hydrogen) atoms. The van der Waals surface area contributed by atoms with Crippen LogP contribution in [0.15, 0.2) is 30.7 Å². The highest BCUT2D eigenvalue weighted by molar-refractivity contribution is 6.10. The number of aromatic nitrogens is 4. The molecule has 0 atom stereocenters. The molecule has 0 bridgehead atoms. The van der Waals surface area contributed by atoms with Gasteiger partial charge in [0.2, 0.25) is 0 Å². The number of carbonyl (C=O) groups excluding carboxylic acids is 1. The van der Waals surface area contributed by atoms with Crippen LogP contribution in [0.1, 0.15) is 42.4 Å². The lowest BCUT2D eigenvalue weighted by atomic mass is 10.1. The van der Waals surface area contributed by atoms with E-state index < -0.39 is 0 Å². The van der Waals surface area contributed by atoms with Crippen molar-refractivity contribution in [2.75, 3.05) is 19.1 Å². The summed E-state index contributed by atoms with van der Waals surface area (Å²) in [6.07, 6.45) is 5.32. The first-order valence-electron chi connectivity index (χ1n) is 9.69. The molecular formula is C22H25N5O3. The molecule has 1 amide bonds. The number of hydrogen-bond donors (Lipinski definition) is 0. The number of nitrogens with zero attached hydrogens (tertiary/aromatic N) is 5. The lowest BCUT2D eigenvalue weighted by molar-refractivity contribution is 0.0996. The number of ether oxygens (including phenoxy) is 2. The molecule has 0 radical (unpaired) electrons. The molecule has 8 heteroatoms. The smallest absolute Gasteiger partial charge is 0.260 e. The van der Waals surface area contributed by atoms with E-state index in [9.17, 15) is 4.79 Å². The predicted molar refractivity (Wildman–Crippen MR) is 113 cm³/mol. The number of methoxy groups -OCH3 is 2. The van der Waals surface area contributed by atoms with Gasteiger partial charge in [-0.2, -0.15) is 5.10 Å². The zero-order valence-electron chi connectivity index (χ0n) is 18.1. The molecular weight excluding hydrogens is 382 g/mol. The van der Waals surface area contributed by atoms with Crippen molar-refractivity contribution in [3.63, 3.8) is 0 Å². The Morgan fingerprint density at radius 3 is 2.50 bits per heavy atom. The van der Waals surface area contributed by atoms with Crippen LogP contribution in [-0.2, 0) is 12.1 Å². The maximum Gasteiger partial charge on any atom is 0.260 e. The number of anilines is 1. The van der Waals surface area contributed by atoms with Crippen LogP contribution in [0.3, 0.4) is 0 Å². The fourth-order valence-electron chi connectivity index (χ4n) is 3.55. The predicted octanol–water partition coefficient (Wildman–Crippen LogP) is 3.58. The van der Waals surface area contributed by atoms with Crippen LogP contribution in [-0.4, -0.2) is 39.9 Å². The topological polar surface area (TPSA) is 82.4 Å². The molecule has 0 unspecified atom stereocenters. The van der Waals surface area contributed by atoms with Gasteiger partial charge < -0.3 is 9.47 Å². The van der Waals surface area contributed by atoms with Crippen LogP contribution in [0.5, 0.6) is 11.6 Å². The van der Waals surface area contributed by atoms with Gasteiger partial charge >= 0.3 is 0 Å². The summed E-state index contributed by atoms with van der Waals surface area (Å²) in [5.74, 6) is 0.888. The summed E-state index contributed by atoms with van der Waals surface area (Å²) < 4.78 is 12.4. The molecule has 8 nitrogen and oxygen atoms in total. The molecule has 3 aromatic heterocycles. The summed E-state index contributed by atoms with van der Waals surface area (Å²) in [5.41, 5.74) is 4.41. The molecule has 1 aliphatic heterocycles. The van der Waals surface area contributed by atoms with Gasteiger partial charge in [0.15, 0.2) is 5.75 Å². The quantitative estimate of drug-likeness (QED) is 0.657. The van der Waals surface area contributed by atoms with Gasteiger partial charge in [-0.25, -0.2) is 4.98 Å². The molecule has 0 N–H and O–H groups in total. The minimum absolute atomic E-state index is 0.0551. The third-order valence-electron chi connectivity index (χ3n) is 5.15. The number of rotatable bonds is 4. The van der Waals surface area contributed by atoms with Gasteiger partial charge in [0.1, 0.15) is 0 Å². The highest BCUT2D eigenvalue weighted by Crippen LogP contribution is 2.34. The van der Waals surface area contributed by atoms with Crippen molar-refractivity contribution in [2.45, 2.75) is 39.8 Å². The van der Waals surface area contributed by atoms with E-state index in [1.54, 1.807) is 31.5 Å². The van der Waals surface area contributed by atoms with Gasteiger partial charge in [-0.3, -0.25) is 19.4 Å². The molecule has 0 spiro atoms. The lowest BCUT2D eigenvalue weighted by Crippen LogP contribution is -2.24. The summed E-state index contributed by atoms with van der Waals surface area (Å²) in [6.45, 7) is 8.54. The molecule has 1 aliphatic rings. The second-order valence-corrected chi connectivity index (χ2v) is 8.29. The molecule has 0 saturated heterocycles. The Bertz CT molecular complexity index is 1130. The maximum absolute atomic E-state index is 13.1. The van der Waals surface area contributed by atoms with E-state index in [1.165, 1.54) is 0 Å². The van der Waals surface area contributed by atoms with Gasteiger partial charge in [-0.05, 0) is 45.4 Å². The van der Waals surface area contributed by atoms with E-state index >= 15 is 0 Å². The summed E-state index contributed by atoms with van der Waals surface area (Å²) in [4.78, 5) is 23.9. The van der Waals surface area contributed by atoms with Gasteiger partial charge in [0, 0.05) is 18.0 Å². The summed E-state index contributed by atoms with van der Waals surface area (Å²) in [5, 5.41) is 4.42. The van der Waals surface area contributed by atoms with Gasteiger partial charge in [-0.15, -0.1) is 0 Å². The minimum Gasteiger partial charge on any atom is -0.491 e. The molecule has 0 aromatic carbocycles. The van der Waals surface area contributed by atoms with Crippen LogP contribution < -0.4 is 14.4 Å². The Hall–Kier alpha value is -3.42. The first kappa shape index (κ1) is 19.9. The number of amides is 1. The van der Waals surface area contributed by atoms with Crippen LogP contribution in [0, 0.1) is 6.92 Å². The number of pyridine rings is 2. The van der Waals surface area contributed by atoms with E-state index in [0.717, 1.165) is 28.2 Å². The minimum atomic E-state index is -0.157. The van der Waals surface area contributed by atoms with Crippen molar-refractivity contribution < 1.29 is 14.3 Å². The first-order chi connectivity index (χ1) is 14.2. The Kier molecular flexibility index (Phi) is 4.72. The Morgan fingerprint density at radius 1 is 1.10 bits per heavy atom. The van der Waals surface area contributed by atoms with Crippen molar-refractivity contribution in [3.8, 4) is 22.9 Å². The standard InChI is InChI=1S/C22H25N5O3/c1-13-7-16(14-8-18(29-5)20(30-6)23-9-14)25-17-12-26(21(28)19(13)17)15-10-24-27(11-15)22(2,3)4/h7-11H,12H2,1-6H3. The highest BCUT2D eigenvalue weighted by Gasteiger charge is 2.33. The molecule has 0 saturated carbocycles. The zero-order valence-corrected chi connectivity index (χ0v) is 18.1. The highest BCUT2D eigenvalue weighted by atomic mass is 16.5. The van der Waals surface area contributed by atoms with Crippen molar-refractivity contribution in [3.05, 3.63) is 47.5 Å². The zero-order chi connectivity index (χ0) is 21.6. The Morgan fingerprint density at radius 2 is 1.87 bits per heavy atom. The SMILES string of the molecule is COc1cc(-c2cc(C)c3c(n2)CN(c2cnn(C(C)(C)C)c2)C3=O)cnc1OC. The molecule has 156 valence electrons. The number of carbonyl (C=O) groups is 1. The molecule has 0 fully saturated rings. The van der Waals surface area contributed by atoms with Crippen LogP contribution in [0.4, 0.5) is 5.69 Å². The van der Waals surface area contributed by atoms with Gasteiger partial charge in [0.25, 0.3) is 11.8 Å². The number of hydrogen-bond acceptors (Lipinski definition) is 6. The van der Waals surface area contributed by atoms with E-state index in [0.29, 0.717) is 23.7 Å². The van der Waals surface area contributed by atoms with E-state index in [-0.39, 0.29) is 11.4 Å². The van der Waals surface area contributed by atoms with Crippen LogP contribution >= 0.6 is 0 Å². The summed E-state index contributed by atoms with van der Waals surface area (Å²) >= 11 is 0.